The fraction of sp³-hybridized carbons (Fsp3) is 0.222. The first-order chi connectivity index (χ1) is 10.7. The summed E-state index contributed by atoms with van der Waals surface area (Å²) in [5.41, 5.74) is 0.812. The second-order valence-electron chi connectivity index (χ2n) is 4.86. The quantitative estimate of drug-likeness (QED) is 0.505. The minimum absolute atomic E-state index is 0.232. The van der Waals surface area contributed by atoms with Crippen LogP contribution in [0.1, 0.15) is 40.5 Å². The highest BCUT2D eigenvalue weighted by Crippen LogP contribution is 2.19. The molecule has 114 valence electrons. The average Bonchev–Trinajstić information content (AvgIpc) is 2.56. The number of hydrogen-bond donors (Lipinski definition) is 1. The van der Waals surface area contributed by atoms with Gasteiger partial charge in [-0.25, -0.2) is 4.79 Å². The maximum absolute atomic E-state index is 12.2. The molecule has 0 heterocycles. The molecule has 0 bridgehead atoms. The van der Waals surface area contributed by atoms with Gasteiger partial charge in [-0.05, 0) is 30.7 Å². The molecule has 4 heteroatoms. The topological polar surface area (TPSA) is 55.4 Å². The van der Waals surface area contributed by atoms with E-state index in [1.165, 1.54) is 0 Å². The van der Waals surface area contributed by atoms with E-state index in [1.807, 2.05) is 6.07 Å². The van der Waals surface area contributed by atoms with Crippen molar-refractivity contribution in [2.45, 2.75) is 19.8 Å². The van der Waals surface area contributed by atoms with Crippen molar-refractivity contribution in [1.82, 2.24) is 5.32 Å². The monoisotopic (exact) mass is 297 g/mol. The molecule has 0 saturated carbocycles. The van der Waals surface area contributed by atoms with Gasteiger partial charge in [-0.3, -0.25) is 4.79 Å². The molecule has 2 rings (SSSR count). The summed E-state index contributed by atoms with van der Waals surface area (Å²) in [5.74, 6) is -0.440. The number of unbranched alkanes of at least 4 members (excludes halogenated alkanes) is 1. The van der Waals surface area contributed by atoms with E-state index in [9.17, 15) is 9.59 Å². The lowest BCUT2D eigenvalue weighted by Crippen LogP contribution is -2.25. The Morgan fingerprint density at radius 1 is 1.00 bits per heavy atom. The van der Waals surface area contributed by atoms with Gasteiger partial charge in [0.2, 0.25) is 0 Å². The number of ether oxygens (including phenoxy) is 1. The molecule has 0 aliphatic heterocycles. The van der Waals surface area contributed by atoms with Crippen LogP contribution in [0, 0.1) is 0 Å². The van der Waals surface area contributed by atoms with Crippen molar-refractivity contribution in [3.8, 4) is 5.75 Å². The first kappa shape index (κ1) is 15.8. The molecule has 0 spiro atoms. The van der Waals surface area contributed by atoms with Gasteiger partial charge < -0.3 is 10.1 Å². The number of amides is 1. The molecule has 0 unspecified atom stereocenters. The molecule has 0 aliphatic carbocycles. The molecule has 2 aromatic carbocycles. The molecule has 0 aromatic heterocycles. The van der Waals surface area contributed by atoms with Gasteiger partial charge in [0.15, 0.2) is 0 Å². The minimum Gasteiger partial charge on any atom is -0.422 e. The molecule has 1 amide bonds. The zero-order valence-corrected chi connectivity index (χ0v) is 12.5. The summed E-state index contributed by atoms with van der Waals surface area (Å²) in [6.07, 6.45) is 1.92. The fourth-order valence-corrected chi connectivity index (χ4v) is 1.95. The Morgan fingerprint density at radius 3 is 2.41 bits per heavy atom. The van der Waals surface area contributed by atoms with Gasteiger partial charge in [-0.15, -0.1) is 0 Å². The molecular weight excluding hydrogens is 278 g/mol. The second-order valence-corrected chi connectivity index (χ2v) is 4.86. The molecule has 0 atom stereocenters. The van der Waals surface area contributed by atoms with E-state index in [0.717, 1.165) is 12.8 Å². The van der Waals surface area contributed by atoms with E-state index >= 15 is 0 Å². The molecular formula is C18H19NO3. The molecule has 1 N–H and O–H groups in total. The largest absolute Gasteiger partial charge is 0.422 e. The summed E-state index contributed by atoms with van der Waals surface area (Å²) in [6, 6.07) is 15.4. The minimum atomic E-state index is -0.477. The van der Waals surface area contributed by atoms with Crippen LogP contribution in [0.2, 0.25) is 0 Å². The fourth-order valence-electron chi connectivity index (χ4n) is 1.95. The van der Waals surface area contributed by atoms with Gasteiger partial charge in [-0.1, -0.05) is 43.7 Å². The van der Waals surface area contributed by atoms with E-state index in [2.05, 4.69) is 12.2 Å². The number of esters is 1. The van der Waals surface area contributed by atoms with E-state index in [1.54, 1.807) is 48.5 Å². The molecule has 0 radical (unpaired) electrons. The van der Waals surface area contributed by atoms with Crippen LogP contribution >= 0.6 is 0 Å². The van der Waals surface area contributed by atoms with E-state index in [0.29, 0.717) is 17.7 Å². The van der Waals surface area contributed by atoms with E-state index in [4.69, 9.17) is 4.74 Å². The molecule has 0 aliphatic rings. The average molecular weight is 297 g/mol. The van der Waals surface area contributed by atoms with Gasteiger partial charge in [0, 0.05) is 6.54 Å². The van der Waals surface area contributed by atoms with Gasteiger partial charge in [-0.2, -0.15) is 0 Å². The van der Waals surface area contributed by atoms with Crippen molar-refractivity contribution in [3.05, 3.63) is 65.7 Å². The van der Waals surface area contributed by atoms with Crippen LogP contribution in [-0.2, 0) is 0 Å². The third-order valence-electron chi connectivity index (χ3n) is 3.16. The summed E-state index contributed by atoms with van der Waals surface area (Å²) < 4.78 is 5.36. The zero-order valence-electron chi connectivity index (χ0n) is 12.5. The molecule has 0 fully saturated rings. The van der Waals surface area contributed by atoms with E-state index in [-0.39, 0.29) is 11.7 Å². The SMILES string of the molecule is CCCCNC(=O)c1ccccc1OC(=O)c1ccccc1. The van der Waals surface area contributed by atoms with Crippen LogP contribution in [0.25, 0.3) is 0 Å². The highest BCUT2D eigenvalue weighted by Gasteiger charge is 2.15. The maximum atomic E-state index is 12.2. The van der Waals surface area contributed by atoms with Crippen molar-refractivity contribution >= 4 is 11.9 Å². The van der Waals surface area contributed by atoms with Crippen LogP contribution in [0.15, 0.2) is 54.6 Å². The number of nitrogens with one attached hydrogen (secondary N) is 1. The lowest BCUT2D eigenvalue weighted by molar-refractivity contribution is 0.0732. The van der Waals surface area contributed by atoms with Crippen LogP contribution in [0.4, 0.5) is 0 Å². The first-order valence-electron chi connectivity index (χ1n) is 7.37. The molecule has 0 saturated heterocycles. The Labute approximate surface area is 130 Å². The molecule has 2 aromatic rings. The summed E-state index contributed by atoms with van der Waals surface area (Å²) in [4.78, 5) is 24.3. The van der Waals surface area contributed by atoms with Gasteiger partial charge >= 0.3 is 5.97 Å². The summed E-state index contributed by atoms with van der Waals surface area (Å²) in [6.45, 7) is 2.66. The summed E-state index contributed by atoms with van der Waals surface area (Å²) in [7, 11) is 0. The summed E-state index contributed by atoms with van der Waals surface area (Å²) >= 11 is 0. The van der Waals surface area contributed by atoms with Crippen LogP contribution in [0.3, 0.4) is 0 Å². The highest BCUT2D eigenvalue weighted by atomic mass is 16.5. The molecule has 4 nitrogen and oxygen atoms in total. The standard InChI is InChI=1S/C18H19NO3/c1-2-3-13-19-17(20)15-11-7-8-12-16(15)22-18(21)14-9-5-4-6-10-14/h4-12H,2-3,13H2,1H3,(H,19,20). The maximum Gasteiger partial charge on any atom is 0.343 e. The number of benzene rings is 2. The lowest BCUT2D eigenvalue weighted by Gasteiger charge is -2.10. The van der Waals surface area contributed by atoms with Crippen LogP contribution < -0.4 is 10.1 Å². The number of rotatable bonds is 6. The number of carbonyl (C=O) groups excluding carboxylic acids is 2. The number of carbonyl (C=O) groups is 2. The Balaban J connectivity index is 2.11. The molecule has 22 heavy (non-hydrogen) atoms. The van der Waals surface area contributed by atoms with Crippen molar-refractivity contribution in [2.24, 2.45) is 0 Å². The van der Waals surface area contributed by atoms with Crippen LogP contribution in [0.5, 0.6) is 5.75 Å². The van der Waals surface area contributed by atoms with Gasteiger partial charge in [0.25, 0.3) is 5.91 Å². The predicted octanol–water partition coefficient (Wildman–Crippen LogP) is 3.44. The zero-order chi connectivity index (χ0) is 15.8. The number of para-hydroxylation sites is 1. The smallest absolute Gasteiger partial charge is 0.343 e. The lowest BCUT2D eigenvalue weighted by atomic mass is 10.1. The highest BCUT2D eigenvalue weighted by molar-refractivity contribution is 5.99. The van der Waals surface area contributed by atoms with Crippen molar-refractivity contribution < 1.29 is 14.3 Å². The third-order valence-corrected chi connectivity index (χ3v) is 3.16. The van der Waals surface area contributed by atoms with Gasteiger partial charge in [0.1, 0.15) is 5.75 Å². The number of hydrogen-bond acceptors (Lipinski definition) is 3. The third kappa shape index (κ3) is 4.19. The summed E-state index contributed by atoms with van der Waals surface area (Å²) in [5, 5.41) is 2.82. The Morgan fingerprint density at radius 2 is 1.68 bits per heavy atom. The van der Waals surface area contributed by atoms with Gasteiger partial charge in [0.05, 0.1) is 11.1 Å². The first-order valence-corrected chi connectivity index (χ1v) is 7.37. The second kappa shape index (κ2) is 7.98. The predicted molar refractivity (Wildman–Crippen MR) is 85.1 cm³/mol. The Kier molecular flexibility index (Phi) is 5.72. The van der Waals surface area contributed by atoms with Crippen molar-refractivity contribution in [1.29, 1.82) is 0 Å². The Bertz CT molecular complexity index is 638. The van der Waals surface area contributed by atoms with Crippen LogP contribution in [-0.4, -0.2) is 18.4 Å². The van der Waals surface area contributed by atoms with Crippen molar-refractivity contribution in [2.75, 3.05) is 6.54 Å². The van der Waals surface area contributed by atoms with E-state index < -0.39 is 5.97 Å². The normalized spacial score (nSPS) is 10.0. The Hall–Kier alpha value is -2.62. The van der Waals surface area contributed by atoms with Crippen molar-refractivity contribution in [3.63, 3.8) is 0 Å².